The molecule has 0 amide bonds. The molecular formula is C38H24N2. The van der Waals surface area contributed by atoms with Crippen molar-refractivity contribution in [1.82, 2.24) is 9.97 Å². The first-order chi connectivity index (χ1) is 19.8. The van der Waals surface area contributed by atoms with Gasteiger partial charge in [-0.05, 0) is 50.7 Å². The second kappa shape index (κ2) is 9.14. The van der Waals surface area contributed by atoms with E-state index in [1.165, 1.54) is 44.2 Å². The van der Waals surface area contributed by atoms with Gasteiger partial charge < -0.3 is 0 Å². The van der Waals surface area contributed by atoms with Crippen LogP contribution in [0.3, 0.4) is 0 Å². The summed E-state index contributed by atoms with van der Waals surface area (Å²) in [6, 6.07) is 51.2. The smallest absolute Gasteiger partial charge is 0.161 e. The molecule has 0 unspecified atom stereocenters. The van der Waals surface area contributed by atoms with Crippen LogP contribution in [0.1, 0.15) is 0 Å². The SMILES string of the molecule is c1ccc(-c2cc(-c3ccccc3)nc(-c3ccc(-c4ccccc4)c4c3-c3cccc5cccc-4c35)n2)cc1. The van der Waals surface area contributed by atoms with Gasteiger partial charge in [-0.15, -0.1) is 0 Å². The van der Waals surface area contributed by atoms with E-state index in [1.807, 2.05) is 12.1 Å². The summed E-state index contributed by atoms with van der Waals surface area (Å²) in [7, 11) is 0. The summed E-state index contributed by atoms with van der Waals surface area (Å²) >= 11 is 0. The molecule has 8 rings (SSSR count). The molecule has 40 heavy (non-hydrogen) atoms. The van der Waals surface area contributed by atoms with Crippen LogP contribution < -0.4 is 0 Å². The van der Waals surface area contributed by atoms with Gasteiger partial charge in [0, 0.05) is 22.3 Å². The molecule has 2 heteroatoms. The Morgan fingerprint density at radius 3 is 1.38 bits per heavy atom. The lowest BCUT2D eigenvalue weighted by atomic mass is 9.90. The normalized spacial score (nSPS) is 11.5. The third-order valence-electron chi connectivity index (χ3n) is 7.84. The van der Waals surface area contributed by atoms with E-state index in [0.717, 1.165) is 33.9 Å². The van der Waals surface area contributed by atoms with Gasteiger partial charge in [-0.2, -0.15) is 0 Å². The Labute approximate surface area is 233 Å². The molecule has 0 spiro atoms. The van der Waals surface area contributed by atoms with Gasteiger partial charge in [0.1, 0.15) is 0 Å². The standard InChI is InChI=1S/C38H24N2/c1-4-12-25(13-5-1)29-22-23-32(37-31-21-11-19-28-18-10-20-30(35(28)31)36(29)37)38-39-33(26-14-6-2-7-15-26)24-34(40-38)27-16-8-3-9-17-27/h1-24H. The summed E-state index contributed by atoms with van der Waals surface area (Å²) in [6.45, 7) is 0. The van der Waals surface area contributed by atoms with Crippen molar-refractivity contribution in [2.45, 2.75) is 0 Å². The van der Waals surface area contributed by atoms with E-state index in [4.69, 9.17) is 9.97 Å². The largest absolute Gasteiger partial charge is 0.228 e. The van der Waals surface area contributed by atoms with E-state index in [-0.39, 0.29) is 0 Å². The number of benzene rings is 6. The van der Waals surface area contributed by atoms with E-state index in [1.54, 1.807) is 0 Å². The van der Waals surface area contributed by atoms with Crippen LogP contribution in [0.5, 0.6) is 0 Å². The van der Waals surface area contributed by atoms with Crippen LogP contribution >= 0.6 is 0 Å². The Morgan fingerprint density at radius 1 is 0.350 bits per heavy atom. The van der Waals surface area contributed by atoms with Gasteiger partial charge in [0.2, 0.25) is 0 Å². The first-order valence-corrected chi connectivity index (χ1v) is 13.6. The predicted molar refractivity (Wildman–Crippen MR) is 166 cm³/mol. The molecule has 2 nitrogen and oxygen atoms in total. The van der Waals surface area contributed by atoms with Crippen LogP contribution in [0, 0.1) is 0 Å². The zero-order valence-electron chi connectivity index (χ0n) is 21.8. The number of hydrogen-bond acceptors (Lipinski definition) is 2. The van der Waals surface area contributed by atoms with Gasteiger partial charge in [-0.25, -0.2) is 9.97 Å². The lowest BCUT2D eigenvalue weighted by Crippen LogP contribution is -1.98. The summed E-state index contributed by atoms with van der Waals surface area (Å²) in [5.41, 5.74) is 12.4. The molecule has 1 aliphatic carbocycles. The number of rotatable bonds is 4. The van der Waals surface area contributed by atoms with Crippen LogP contribution in [-0.2, 0) is 0 Å². The first kappa shape index (κ1) is 22.6. The lowest BCUT2D eigenvalue weighted by Gasteiger charge is -2.16. The highest BCUT2D eigenvalue weighted by Crippen LogP contribution is 2.54. The van der Waals surface area contributed by atoms with Crippen molar-refractivity contribution in [3.05, 3.63) is 146 Å². The van der Waals surface area contributed by atoms with Crippen molar-refractivity contribution in [1.29, 1.82) is 0 Å². The Balaban J connectivity index is 1.45. The fourth-order valence-electron chi connectivity index (χ4n) is 6.05. The molecule has 0 saturated carbocycles. The van der Waals surface area contributed by atoms with Crippen molar-refractivity contribution in [3.63, 3.8) is 0 Å². The summed E-state index contributed by atoms with van der Waals surface area (Å²) < 4.78 is 0. The number of fused-ring (bicyclic) bond motifs is 3. The second-order valence-electron chi connectivity index (χ2n) is 10.2. The molecule has 0 bridgehead atoms. The molecule has 0 saturated heterocycles. The minimum atomic E-state index is 0.737. The molecular weight excluding hydrogens is 484 g/mol. The molecule has 1 aromatic heterocycles. The van der Waals surface area contributed by atoms with Gasteiger partial charge in [-0.3, -0.25) is 0 Å². The Bertz CT molecular complexity index is 1970. The van der Waals surface area contributed by atoms with Crippen LogP contribution in [0.4, 0.5) is 0 Å². The van der Waals surface area contributed by atoms with Crippen LogP contribution in [0.25, 0.3) is 78.1 Å². The number of hydrogen-bond donors (Lipinski definition) is 0. The predicted octanol–water partition coefficient (Wildman–Crippen LogP) is 9.95. The molecule has 0 radical (unpaired) electrons. The molecule has 0 atom stereocenters. The molecule has 0 aliphatic heterocycles. The molecule has 0 fully saturated rings. The Morgan fingerprint density at radius 2 is 0.825 bits per heavy atom. The topological polar surface area (TPSA) is 25.8 Å². The molecule has 0 N–H and O–H groups in total. The zero-order chi connectivity index (χ0) is 26.5. The van der Waals surface area contributed by atoms with Crippen molar-refractivity contribution in [3.8, 4) is 67.3 Å². The van der Waals surface area contributed by atoms with Crippen LogP contribution in [0.15, 0.2) is 146 Å². The van der Waals surface area contributed by atoms with Gasteiger partial charge in [-0.1, -0.05) is 133 Å². The molecule has 1 aliphatic rings. The maximum atomic E-state index is 5.19. The zero-order valence-corrected chi connectivity index (χ0v) is 21.8. The quantitative estimate of drug-likeness (QED) is 0.236. The summed E-state index contributed by atoms with van der Waals surface area (Å²) in [4.78, 5) is 10.4. The monoisotopic (exact) mass is 508 g/mol. The van der Waals surface area contributed by atoms with Crippen LogP contribution in [-0.4, -0.2) is 9.97 Å². The van der Waals surface area contributed by atoms with Crippen molar-refractivity contribution >= 4 is 10.8 Å². The summed E-state index contributed by atoms with van der Waals surface area (Å²) in [5, 5.41) is 2.55. The lowest BCUT2D eigenvalue weighted by molar-refractivity contribution is 1.18. The summed E-state index contributed by atoms with van der Waals surface area (Å²) in [5.74, 6) is 0.737. The first-order valence-electron chi connectivity index (χ1n) is 13.6. The third-order valence-corrected chi connectivity index (χ3v) is 7.84. The van der Waals surface area contributed by atoms with E-state index < -0.39 is 0 Å². The average Bonchev–Trinajstić information content (AvgIpc) is 3.38. The van der Waals surface area contributed by atoms with E-state index in [9.17, 15) is 0 Å². The van der Waals surface area contributed by atoms with Gasteiger partial charge in [0.25, 0.3) is 0 Å². The average molecular weight is 509 g/mol. The van der Waals surface area contributed by atoms with Gasteiger partial charge in [0.05, 0.1) is 11.4 Å². The molecule has 6 aromatic carbocycles. The van der Waals surface area contributed by atoms with E-state index >= 15 is 0 Å². The van der Waals surface area contributed by atoms with Crippen molar-refractivity contribution in [2.24, 2.45) is 0 Å². The minimum absolute atomic E-state index is 0.737. The maximum Gasteiger partial charge on any atom is 0.161 e. The fourth-order valence-corrected chi connectivity index (χ4v) is 6.05. The van der Waals surface area contributed by atoms with Crippen molar-refractivity contribution < 1.29 is 0 Å². The fraction of sp³-hybridized carbons (Fsp3) is 0. The number of nitrogens with zero attached hydrogens (tertiary/aromatic N) is 2. The number of aromatic nitrogens is 2. The Kier molecular flexibility index (Phi) is 5.17. The molecule has 186 valence electrons. The van der Waals surface area contributed by atoms with Gasteiger partial charge in [0.15, 0.2) is 5.82 Å². The summed E-state index contributed by atoms with van der Waals surface area (Å²) in [6.07, 6.45) is 0. The van der Waals surface area contributed by atoms with Crippen molar-refractivity contribution in [2.75, 3.05) is 0 Å². The third kappa shape index (κ3) is 3.58. The maximum absolute atomic E-state index is 5.19. The highest BCUT2D eigenvalue weighted by molar-refractivity contribution is 6.20. The Hall–Kier alpha value is -5.34. The highest BCUT2D eigenvalue weighted by Gasteiger charge is 2.28. The minimum Gasteiger partial charge on any atom is -0.228 e. The van der Waals surface area contributed by atoms with E-state index in [0.29, 0.717) is 0 Å². The highest BCUT2D eigenvalue weighted by atomic mass is 14.9. The van der Waals surface area contributed by atoms with Crippen LogP contribution in [0.2, 0.25) is 0 Å². The molecule has 7 aromatic rings. The second-order valence-corrected chi connectivity index (χ2v) is 10.2. The molecule has 1 heterocycles. The van der Waals surface area contributed by atoms with Gasteiger partial charge >= 0.3 is 0 Å². The van der Waals surface area contributed by atoms with E-state index in [2.05, 4.69) is 133 Å².